The quantitative estimate of drug-likeness (QED) is 0.694. The highest BCUT2D eigenvalue weighted by Gasteiger charge is 2.09. The Morgan fingerprint density at radius 3 is 2.60 bits per heavy atom. The first-order chi connectivity index (χ1) is 9.69. The zero-order valence-electron chi connectivity index (χ0n) is 10.4. The number of benzene rings is 1. The van der Waals surface area contributed by atoms with Crippen LogP contribution >= 0.6 is 11.6 Å². The number of amides is 1. The molecule has 1 N–H and O–H groups in total. The third kappa shape index (κ3) is 3.67. The third-order valence-electron chi connectivity index (χ3n) is 2.45. The van der Waals surface area contributed by atoms with Crippen LogP contribution in [0.4, 0.5) is 5.69 Å². The van der Waals surface area contributed by atoms with E-state index in [0.29, 0.717) is 16.4 Å². The zero-order chi connectivity index (χ0) is 14.4. The number of rotatable bonds is 3. The summed E-state index contributed by atoms with van der Waals surface area (Å²) in [6.07, 6.45) is 3.03. The molecule has 0 unspecified atom stereocenters. The van der Waals surface area contributed by atoms with E-state index in [0.717, 1.165) is 0 Å². The standard InChI is InChI=1S/C15H10ClN3O/c16-12-4-6-13(7-5-12)19-15(20)11(10-17)9-14-3-1-2-8-18-14/h1-9H,(H,19,20)/b11-9+. The fourth-order valence-electron chi connectivity index (χ4n) is 1.49. The predicted molar refractivity (Wildman–Crippen MR) is 77.9 cm³/mol. The summed E-state index contributed by atoms with van der Waals surface area (Å²) < 4.78 is 0. The number of anilines is 1. The van der Waals surface area contributed by atoms with Crippen LogP contribution in [0.15, 0.2) is 54.2 Å². The predicted octanol–water partition coefficient (Wildman–Crippen LogP) is 3.28. The molecule has 0 aliphatic carbocycles. The van der Waals surface area contributed by atoms with Crippen molar-refractivity contribution in [2.45, 2.75) is 0 Å². The highest BCUT2D eigenvalue weighted by atomic mass is 35.5. The lowest BCUT2D eigenvalue weighted by Crippen LogP contribution is -2.13. The molecule has 0 atom stereocenters. The van der Waals surface area contributed by atoms with Crippen molar-refractivity contribution in [3.63, 3.8) is 0 Å². The first kappa shape index (κ1) is 13.8. The number of nitrogens with zero attached hydrogens (tertiary/aromatic N) is 2. The molecule has 2 rings (SSSR count). The molecule has 1 amide bonds. The molecule has 1 heterocycles. The molecule has 0 radical (unpaired) electrons. The van der Waals surface area contributed by atoms with Crippen LogP contribution in [0.5, 0.6) is 0 Å². The van der Waals surface area contributed by atoms with Gasteiger partial charge in [-0.15, -0.1) is 0 Å². The second-order valence-electron chi connectivity index (χ2n) is 3.89. The van der Waals surface area contributed by atoms with Gasteiger partial charge in [-0.25, -0.2) is 0 Å². The minimum atomic E-state index is -0.486. The number of pyridine rings is 1. The van der Waals surface area contributed by atoms with Crippen LogP contribution in [-0.4, -0.2) is 10.9 Å². The lowest BCUT2D eigenvalue weighted by atomic mass is 10.2. The Kier molecular flexibility index (Phi) is 4.48. The molecule has 0 spiro atoms. The van der Waals surface area contributed by atoms with Crippen LogP contribution in [-0.2, 0) is 4.79 Å². The van der Waals surface area contributed by atoms with Gasteiger partial charge in [-0.05, 0) is 42.5 Å². The molecule has 0 aliphatic heterocycles. The second-order valence-corrected chi connectivity index (χ2v) is 4.32. The minimum Gasteiger partial charge on any atom is -0.321 e. The number of hydrogen-bond donors (Lipinski definition) is 1. The fourth-order valence-corrected chi connectivity index (χ4v) is 1.62. The SMILES string of the molecule is N#C/C(=C\c1ccccn1)C(=O)Nc1ccc(Cl)cc1. The molecule has 2 aromatic rings. The summed E-state index contributed by atoms with van der Waals surface area (Å²) >= 11 is 5.76. The normalized spacial score (nSPS) is 10.7. The van der Waals surface area contributed by atoms with Gasteiger partial charge in [-0.2, -0.15) is 5.26 Å². The monoisotopic (exact) mass is 283 g/mol. The average Bonchev–Trinajstić information content (AvgIpc) is 2.48. The van der Waals surface area contributed by atoms with Crippen molar-refractivity contribution >= 4 is 29.3 Å². The van der Waals surface area contributed by atoms with Gasteiger partial charge in [0.25, 0.3) is 5.91 Å². The average molecular weight is 284 g/mol. The Hall–Kier alpha value is -2.64. The van der Waals surface area contributed by atoms with E-state index in [4.69, 9.17) is 16.9 Å². The third-order valence-corrected chi connectivity index (χ3v) is 2.70. The van der Waals surface area contributed by atoms with Gasteiger partial charge >= 0.3 is 0 Å². The van der Waals surface area contributed by atoms with Crippen LogP contribution < -0.4 is 5.32 Å². The molecule has 1 aromatic heterocycles. The molecule has 5 heteroatoms. The van der Waals surface area contributed by atoms with Gasteiger partial charge in [0, 0.05) is 16.9 Å². The maximum absolute atomic E-state index is 12.0. The van der Waals surface area contributed by atoms with E-state index in [-0.39, 0.29) is 5.57 Å². The largest absolute Gasteiger partial charge is 0.321 e. The molecular weight excluding hydrogens is 274 g/mol. The minimum absolute atomic E-state index is 0.0151. The van der Waals surface area contributed by atoms with Crippen molar-refractivity contribution in [1.82, 2.24) is 4.98 Å². The number of hydrogen-bond acceptors (Lipinski definition) is 3. The van der Waals surface area contributed by atoms with Crippen molar-refractivity contribution < 1.29 is 4.79 Å². The van der Waals surface area contributed by atoms with E-state index < -0.39 is 5.91 Å². The maximum Gasteiger partial charge on any atom is 0.266 e. The number of halogens is 1. The van der Waals surface area contributed by atoms with E-state index in [1.165, 1.54) is 6.08 Å². The van der Waals surface area contributed by atoms with Gasteiger partial charge in [0.05, 0.1) is 5.69 Å². The molecule has 0 bridgehead atoms. The Morgan fingerprint density at radius 1 is 1.25 bits per heavy atom. The first-order valence-corrected chi connectivity index (χ1v) is 6.16. The summed E-state index contributed by atoms with van der Waals surface area (Å²) in [5.74, 6) is -0.486. The Morgan fingerprint density at radius 2 is 2.00 bits per heavy atom. The van der Waals surface area contributed by atoms with Gasteiger partial charge in [0.1, 0.15) is 11.6 Å². The topological polar surface area (TPSA) is 65.8 Å². The summed E-state index contributed by atoms with van der Waals surface area (Å²) in [5.41, 5.74) is 1.11. The van der Waals surface area contributed by atoms with Crippen molar-refractivity contribution in [3.05, 3.63) is 65.0 Å². The van der Waals surface area contributed by atoms with Crippen LogP contribution in [0.2, 0.25) is 5.02 Å². The first-order valence-electron chi connectivity index (χ1n) is 5.79. The van der Waals surface area contributed by atoms with Gasteiger partial charge in [-0.1, -0.05) is 17.7 Å². The van der Waals surface area contributed by atoms with Gasteiger partial charge in [0.15, 0.2) is 0 Å². The van der Waals surface area contributed by atoms with Crippen LogP contribution in [0, 0.1) is 11.3 Å². The highest BCUT2D eigenvalue weighted by molar-refractivity contribution is 6.30. The van der Waals surface area contributed by atoms with Gasteiger partial charge in [-0.3, -0.25) is 9.78 Å². The summed E-state index contributed by atoms with van der Waals surface area (Å²) in [7, 11) is 0. The molecule has 20 heavy (non-hydrogen) atoms. The smallest absolute Gasteiger partial charge is 0.266 e. The molecule has 1 aromatic carbocycles. The van der Waals surface area contributed by atoms with E-state index in [1.807, 2.05) is 6.07 Å². The Bertz CT molecular complexity index is 673. The number of carbonyl (C=O) groups excluding carboxylic acids is 1. The van der Waals surface area contributed by atoms with Gasteiger partial charge in [0.2, 0.25) is 0 Å². The van der Waals surface area contributed by atoms with Crippen LogP contribution in [0.25, 0.3) is 6.08 Å². The van der Waals surface area contributed by atoms with Crippen LogP contribution in [0.3, 0.4) is 0 Å². The molecule has 0 saturated carbocycles. The summed E-state index contributed by atoms with van der Waals surface area (Å²) in [5, 5.41) is 12.3. The fraction of sp³-hybridized carbons (Fsp3) is 0. The lowest BCUT2D eigenvalue weighted by molar-refractivity contribution is -0.112. The lowest BCUT2D eigenvalue weighted by Gasteiger charge is -2.04. The van der Waals surface area contributed by atoms with Crippen molar-refractivity contribution in [3.8, 4) is 6.07 Å². The molecule has 98 valence electrons. The van der Waals surface area contributed by atoms with E-state index >= 15 is 0 Å². The summed E-state index contributed by atoms with van der Waals surface area (Å²) in [6.45, 7) is 0. The van der Waals surface area contributed by atoms with Gasteiger partial charge < -0.3 is 5.32 Å². The molecule has 0 saturated heterocycles. The number of nitrogens with one attached hydrogen (secondary N) is 1. The second kappa shape index (κ2) is 6.50. The van der Waals surface area contributed by atoms with Crippen molar-refractivity contribution in [2.75, 3.05) is 5.32 Å². The number of nitriles is 1. The molecule has 4 nitrogen and oxygen atoms in total. The van der Waals surface area contributed by atoms with Crippen LogP contribution in [0.1, 0.15) is 5.69 Å². The maximum atomic E-state index is 12.0. The summed E-state index contributed by atoms with van der Waals surface area (Å²) in [6, 6.07) is 13.8. The Balaban J connectivity index is 2.16. The van der Waals surface area contributed by atoms with Crippen molar-refractivity contribution in [1.29, 1.82) is 5.26 Å². The van der Waals surface area contributed by atoms with E-state index in [1.54, 1.807) is 48.7 Å². The van der Waals surface area contributed by atoms with Crippen molar-refractivity contribution in [2.24, 2.45) is 0 Å². The van der Waals surface area contributed by atoms with E-state index in [2.05, 4.69) is 10.3 Å². The number of aromatic nitrogens is 1. The molecular formula is C15H10ClN3O. The molecule has 0 fully saturated rings. The zero-order valence-corrected chi connectivity index (χ0v) is 11.1. The van der Waals surface area contributed by atoms with E-state index in [9.17, 15) is 4.79 Å². The molecule has 0 aliphatic rings. The Labute approximate surface area is 121 Å². The highest BCUT2D eigenvalue weighted by Crippen LogP contribution is 2.14. The summed E-state index contributed by atoms with van der Waals surface area (Å²) in [4.78, 5) is 16.0. The number of carbonyl (C=O) groups is 1.